The van der Waals surface area contributed by atoms with E-state index in [-0.39, 0.29) is 5.56 Å². The average molecular weight is 432 g/mol. The molecule has 2 heterocycles. The summed E-state index contributed by atoms with van der Waals surface area (Å²) < 4.78 is 3.49. The van der Waals surface area contributed by atoms with Crippen LogP contribution in [0.2, 0.25) is 0 Å². The highest BCUT2D eigenvalue weighted by Gasteiger charge is 2.41. The third-order valence-corrected chi connectivity index (χ3v) is 5.35. The van der Waals surface area contributed by atoms with Crippen LogP contribution < -0.4 is 10.9 Å². The van der Waals surface area contributed by atoms with Crippen LogP contribution in [-0.4, -0.2) is 33.9 Å². The summed E-state index contributed by atoms with van der Waals surface area (Å²) in [6, 6.07) is 8.47. The molecule has 3 unspecified atom stereocenters. The highest BCUT2D eigenvalue weighted by molar-refractivity contribution is 6.68. The van der Waals surface area contributed by atoms with E-state index in [1.54, 1.807) is 24.3 Å². The molecule has 3 atom stereocenters. The maximum atomic E-state index is 12.8. The summed E-state index contributed by atoms with van der Waals surface area (Å²) in [7, 11) is 0. The largest absolute Gasteiger partial charge is 0.422 e. The molecule has 27 heavy (non-hydrogen) atoms. The molecule has 1 N–H and O–H groups in total. The van der Waals surface area contributed by atoms with Gasteiger partial charge in [-0.3, -0.25) is 9.69 Å². The number of carbonyl (C=O) groups is 1. The van der Waals surface area contributed by atoms with Gasteiger partial charge in [0.1, 0.15) is 17.3 Å². The number of piperidine rings is 1. The summed E-state index contributed by atoms with van der Waals surface area (Å²) >= 11 is 18.5. The minimum atomic E-state index is -1.75. The zero-order valence-corrected chi connectivity index (χ0v) is 17.3. The van der Waals surface area contributed by atoms with Gasteiger partial charge < -0.3 is 9.73 Å². The minimum absolute atomic E-state index is 0.119. The van der Waals surface area contributed by atoms with E-state index < -0.39 is 21.5 Å². The summed E-state index contributed by atoms with van der Waals surface area (Å²) in [5.41, 5.74) is -0.434. The lowest BCUT2D eigenvalue weighted by Gasteiger charge is -2.42. The van der Waals surface area contributed by atoms with Crippen LogP contribution in [-0.2, 0) is 0 Å². The van der Waals surface area contributed by atoms with E-state index in [1.165, 1.54) is 6.07 Å². The number of para-hydroxylation sites is 1. The Morgan fingerprint density at radius 1 is 1.22 bits per heavy atom. The van der Waals surface area contributed by atoms with Crippen molar-refractivity contribution in [3.05, 3.63) is 46.3 Å². The van der Waals surface area contributed by atoms with Crippen LogP contribution in [0.4, 0.5) is 0 Å². The van der Waals surface area contributed by atoms with E-state index in [0.717, 1.165) is 6.42 Å². The predicted octanol–water partition coefficient (Wildman–Crippen LogP) is 4.20. The lowest BCUT2D eigenvalue weighted by atomic mass is 9.91. The van der Waals surface area contributed by atoms with Gasteiger partial charge in [0.2, 0.25) is 3.79 Å². The highest BCUT2D eigenvalue weighted by Crippen LogP contribution is 2.35. The molecule has 1 aliphatic rings. The average Bonchev–Trinajstić information content (AvgIpc) is 2.56. The topological polar surface area (TPSA) is 62.6 Å². The molecule has 1 amide bonds. The van der Waals surface area contributed by atoms with E-state index in [0.29, 0.717) is 35.9 Å². The maximum absolute atomic E-state index is 12.8. The van der Waals surface area contributed by atoms with Crippen LogP contribution in [0.3, 0.4) is 0 Å². The molecule has 2 aromatic rings. The van der Waals surface area contributed by atoms with E-state index in [9.17, 15) is 9.59 Å². The Morgan fingerprint density at radius 3 is 2.48 bits per heavy atom. The van der Waals surface area contributed by atoms with Crippen molar-refractivity contribution in [3.8, 4) is 0 Å². The van der Waals surface area contributed by atoms with Crippen molar-refractivity contribution in [2.45, 2.75) is 30.2 Å². The van der Waals surface area contributed by atoms with Crippen LogP contribution in [0.1, 0.15) is 30.6 Å². The van der Waals surface area contributed by atoms with Gasteiger partial charge in [0, 0.05) is 18.5 Å². The molecule has 0 spiro atoms. The van der Waals surface area contributed by atoms with Gasteiger partial charge in [-0.05, 0) is 30.4 Å². The molecule has 5 nitrogen and oxygen atoms in total. The number of likely N-dealkylation sites (tertiary alicyclic amines) is 1. The zero-order chi connectivity index (χ0) is 19.8. The molecule has 146 valence electrons. The number of benzene rings is 1. The Balaban J connectivity index is 1.89. The summed E-state index contributed by atoms with van der Waals surface area (Å²) in [5.74, 6) is 0.189. The van der Waals surface area contributed by atoms with Gasteiger partial charge in [-0.1, -0.05) is 66.8 Å². The van der Waals surface area contributed by atoms with Crippen molar-refractivity contribution in [3.63, 3.8) is 0 Å². The molecular weight excluding hydrogens is 411 g/mol. The standard InChI is InChI=1S/C19H21Cl3N2O3/c1-11-7-12(2)10-24(9-11)18(19(20,21)22)23-16(25)14-8-13-5-3-4-6-15(13)27-17(14)26/h3-6,8,11-12,18H,7,9-10H2,1-2H3,(H,23,25). The SMILES string of the molecule is CC1CC(C)CN(C(NC(=O)c2cc3ccccc3oc2=O)C(Cl)(Cl)Cl)C1. The molecule has 0 bridgehead atoms. The van der Waals surface area contributed by atoms with Gasteiger partial charge in [0.25, 0.3) is 5.91 Å². The van der Waals surface area contributed by atoms with Crippen LogP contribution in [0, 0.1) is 11.8 Å². The molecule has 0 saturated carbocycles. The first kappa shape index (κ1) is 20.5. The first-order valence-corrected chi connectivity index (χ1v) is 9.93. The Bertz CT molecular complexity index is 884. The Labute approximate surface area is 172 Å². The summed E-state index contributed by atoms with van der Waals surface area (Å²) in [4.78, 5) is 27.0. The number of nitrogens with one attached hydrogen (secondary N) is 1. The number of halogens is 3. The van der Waals surface area contributed by atoms with Crippen molar-refractivity contribution in [2.24, 2.45) is 11.8 Å². The molecule has 8 heteroatoms. The fraction of sp³-hybridized carbons (Fsp3) is 0.474. The molecule has 1 aromatic carbocycles. The van der Waals surface area contributed by atoms with Crippen LogP contribution >= 0.6 is 34.8 Å². The number of hydrogen-bond donors (Lipinski definition) is 1. The lowest BCUT2D eigenvalue weighted by Crippen LogP contribution is -2.59. The monoisotopic (exact) mass is 430 g/mol. The molecule has 0 radical (unpaired) electrons. The lowest BCUT2D eigenvalue weighted by molar-refractivity contribution is 0.0648. The fourth-order valence-corrected chi connectivity index (χ4v) is 4.30. The summed E-state index contributed by atoms with van der Waals surface area (Å²) in [6.07, 6.45) is 0.219. The Morgan fingerprint density at radius 2 is 1.85 bits per heavy atom. The smallest absolute Gasteiger partial charge is 0.349 e. The van der Waals surface area contributed by atoms with Crippen LogP contribution in [0.5, 0.6) is 0 Å². The van der Waals surface area contributed by atoms with Gasteiger partial charge >= 0.3 is 5.63 Å². The first-order chi connectivity index (χ1) is 12.6. The minimum Gasteiger partial charge on any atom is -0.422 e. The van der Waals surface area contributed by atoms with Crippen LogP contribution in [0.25, 0.3) is 11.0 Å². The third-order valence-electron chi connectivity index (χ3n) is 4.73. The second kappa shape index (κ2) is 8.00. The molecule has 1 aliphatic heterocycles. The first-order valence-electron chi connectivity index (χ1n) is 8.79. The van der Waals surface area contributed by atoms with Crippen molar-refractivity contribution < 1.29 is 9.21 Å². The molecule has 1 aromatic heterocycles. The van der Waals surface area contributed by atoms with Crippen molar-refractivity contribution in [2.75, 3.05) is 13.1 Å². The number of rotatable bonds is 3. The number of alkyl halides is 3. The van der Waals surface area contributed by atoms with Crippen LogP contribution in [0.15, 0.2) is 39.5 Å². The molecule has 1 fully saturated rings. The van der Waals surface area contributed by atoms with Gasteiger partial charge in [0.05, 0.1) is 0 Å². The second-order valence-electron chi connectivity index (χ2n) is 7.30. The number of carbonyl (C=O) groups excluding carboxylic acids is 1. The van der Waals surface area contributed by atoms with Gasteiger partial charge in [-0.15, -0.1) is 0 Å². The Kier molecular flexibility index (Phi) is 6.06. The molecular formula is C19H21Cl3N2O3. The van der Waals surface area contributed by atoms with E-state index in [4.69, 9.17) is 39.2 Å². The second-order valence-corrected chi connectivity index (χ2v) is 9.67. The third kappa shape index (κ3) is 4.77. The van der Waals surface area contributed by atoms with E-state index in [2.05, 4.69) is 19.2 Å². The van der Waals surface area contributed by atoms with Crippen molar-refractivity contribution in [1.82, 2.24) is 10.2 Å². The Hall–Kier alpha value is -1.27. The highest BCUT2D eigenvalue weighted by atomic mass is 35.6. The number of amides is 1. The van der Waals surface area contributed by atoms with Crippen molar-refractivity contribution >= 4 is 51.7 Å². The molecule has 1 saturated heterocycles. The normalized spacial score (nSPS) is 22.6. The zero-order valence-electron chi connectivity index (χ0n) is 15.0. The predicted molar refractivity (Wildman–Crippen MR) is 109 cm³/mol. The number of fused-ring (bicyclic) bond motifs is 1. The van der Waals surface area contributed by atoms with Crippen molar-refractivity contribution in [1.29, 1.82) is 0 Å². The maximum Gasteiger partial charge on any atom is 0.349 e. The quantitative estimate of drug-likeness (QED) is 0.584. The van der Waals surface area contributed by atoms with E-state index in [1.807, 2.05) is 4.90 Å². The summed E-state index contributed by atoms with van der Waals surface area (Å²) in [6.45, 7) is 5.63. The number of hydrogen-bond acceptors (Lipinski definition) is 4. The van der Waals surface area contributed by atoms with Gasteiger partial charge in [0.15, 0.2) is 0 Å². The molecule has 3 rings (SSSR count). The number of nitrogens with zero attached hydrogens (tertiary/aromatic N) is 1. The fourth-order valence-electron chi connectivity index (χ4n) is 3.72. The molecule has 0 aliphatic carbocycles. The van der Waals surface area contributed by atoms with Gasteiger partial charge in [-0.2, -0.15) is 0 Å². The summed E-state index contributed by atoms with van der Waals surface area (Å²) in [5, 5.41) is 3.37. The van der Waals surface area contributed by atoms with E-state index >= 15 is 0 Å². The van der Waals surface area contributed by atoms with Gasteiger partial charge in [-0.25, -0.2) is 4.79 Å².